The number of methoxy groups -OCH3 is 1. The summed E-state index contributed by atoms with van der Waals surface area (Å²) in [5.74, 6) is -0.0955. The van der Waals surface area contributed by atoms with Gasteiger partial charge in [0.05, 0.1) is 13.0 Å². The molecule has 0 spiro atoms. The Hall–Kier alpha value is -3.09. The number of ether oxygens (including phenoxy) is 1. The highest BCUT2D eigenvalue weighted by Crippen LogP contribution is 2.20. The van der Waals surface area contributed by atoms with E-state index in [1.807, 2.05) is 0 Å². The number of nitrogens with one attached hydrogen (secondary N) is 2. The van der Waals surface area contributed by atoms with E-state index in [2.05, 4.69) is 10.6 Å². The van der Waals surface area contributed by atoms with Crippen molar-refractivity contribution in [2.45, 2.75) is 19.4 Å². The molecule has 1 aliphatic rings. The van der Waals surface area contributed by atoms with E-state index in [0.29, 0.717) is 36.5 Å². The van der Waals surface area contributed by atoms with Gasteiger partial charge in [-0.25, -0.2) is 9.18 Å². The molecule has 0 aromatic heterocycles. The number of carbonyl (C=O) groups excluding carboxylic acids is 2. The van der Waals surface area contributed by atoms with Crippen molar-refractivity contribution in [2.75, 3.05) is 25.5 Å². The molecule has 3 amide bonds. The molecular formula is C21H24FN3O3. The van der Waals surface area contributed by atoms with Gasteiger partial charge in [0.2, 0.25) is 5.91 Å². The SMILES string of the molecule is COc1ccc(NC(=O)N2CCC[C@@H](C(=O)NCc3ccccc3F)C2)cc1. The summed E-state index contributed by atoms with van der Waals surface area (Å²) < 4.78 is 18.8. The van der Waals surface area contributed by atoms with Crippen LogP contribution in [0.1, 0.15) is 18.4 Å². The van der Waals surface area contributed by atoms with Crippen molar-refractivity contribution in [1.29, 1.82) is 0 Å². The van der Waals surface area contributed by atoms with Gasteiger partial charge in [-0.1, -0.05) is 18.2 Å². The van der Waals surface area contributed by atoms with Crippen molar-refractivity contribution >= 4 is 17.6 Å². The Morgan fingerprint density at radius 1 is 1.18 bits per heavy atom. The minimum atomic E-state index is -0.341. The molecule has 0 bridgehead atoms. The van der Waals surface area contributed by atoms with Crippen LogP contribution in [0.5, 0.6) is 5.75 Å². The number of halogens is 1. The average Bonchev–Trinajstić information content (AvgIpc) is 2.73. The first-order valence-corrected chi connectivity index (χ1v) is 9.28. The minimum absolute atomic E-state index is 0.139. The van der Waals surface area contributed by atoms with E-state index in [4.69, 9.17) is 4.74 Å². The van der Waals surface area contributed by atoms with Gasteiger partial charge in [0, 0.05) is 30.9 Å². The number of urea groups is 1. The molecule has 0 saturated carbocycles. The van der Waals surface area contributed by atoms with Crippen molar-refractivity contribution in [3.05, 3.63) is 59.9 Å². The standard InChI is InChI=1S/C21H24FN3O3/c1-28-18-10-8-17(9-11-18)24-21(27)25-12-4-6-16(14-25)20(26)23-13-15-5-2-3-7-19(15)22/h2-3,5,7-11,16H,4,6,12-14H2,1H3,(H,23,26)(H,24,27)/t16-/m1/s1. The van der Waals surface area contributed by atoms with E-state index in [0.717, 1.165) is 6.42 Å². The minimum Gasteiger partial charge on any atom is -0.497 e. The molecule has 1 saturated heterocycles. The molecule has 1 atom stereocenters. The van der Waals surface area contributed by atoms with Crippen LogP contribution >= 0.6 is 0 Å². The van der Waals surface area contributed by atoms with Gasteiger partial charge in [-0.3, -0.25) is 4.79 Å². The van der Waals surface area contributed by atoms with E-state index < -0.39 is 0 Å². The molecule has 2 N–H and O–H groups in total. The summed E-state index contributed by atoms with van der Waals surface area (Å²) >= 11 is 0. The first-order chi connectivity index (χ1) is 13.6. The second kappa shape index (κ2) is 9.21. The molecule has 148 valence electrons. The monoisotopic (exact) mass is 385 g/mol. The zero-order valence-corrected chi connectivity index (χ0v) is 15.8. The molecule has 1 aliphatic heterocycles. The molecule has 2 aromatic rings. The Kier molecular flexibility index (Phi) is 6.47. The summed E-state index contributed by atoms with van der Waals surface area (Å²) in [6.07, 6.45) is 1.45. The Labute approximate surface area is 163 Å². The maximum Gasteiger partial charge on any atom is 0.321 e. The van der Waals surface area contributed by atoms with Gasteiger partial charge in [-0.15, -0.1) is 0 Å². The number of nitrogens with zero attached hydrogens (tertiary/aromatic N) is 1. The molecular weight excluding hydrogens is 361 g/mol. The van der Waals surface area contributed by atoms with Crippen LogP contribution in [0.15, 0.2) is 48.5 Å². The number of hydrogen-bond donors (Lipinski definition) is 2. The first-order valence-electron chi connectivity index (χ1n) is 9.28. The van der Waals surface area contributed by atoms with E-state index in [1.54, 1.807) is 54.5 Å². The Balaban J connectivity index is 1.53. The largest absolute Gasteiger partial charge is 0.497 e. The molecule has 0 unspecified atom stereocenters. The maximum atomic E-state index is 13.7. The maximum absolute atomic E-state index is 13.7. The summed E-state index contributed by atoms with van der Waals surface area (Å²) in [7, 11) is 1.58. The lowest BCUT2D eigenvalue weighted by Crippen LogP contribution is -2.46. The number of benzene rings is 2. The molecule has 1 fully saturated rings. The van der Waals surface area contributed by atoms with E-state index in [9.17, 15) is 14.0 Å². The number of hydrogen-bond acceptors (Lipinski definition) is 3. The Bertz CT molecular complexity index is 826. The van der Waals surface area contributed by atoms with Crippen molar-refractivity contribution in [2.24, 2.45) is 5.92 Å². The average molecular weight is 385 g/mol. The van der Waals surface area contributed by atoms with Crippen molar-refractivity contribution in [1.82, 2.24) is 10.2 Å². The molecule has 2 aromatic carbocycles. The lowest BCUT2D eigenvalue weighted by Gasteiger charge is -2.32. The quantitative estimate of drug-likeness (QED) is 0.829. The third-order valence-corrected chi connectivity index (χ3v) is 4.83. The van der Waals surface area contributed by atoms with Gasteiger partial charge in [0.25, 0.3) is 0 Å². The third kappa shape index (κ3) is 5.00. The van der Waals surface area contributed by atoms with Crippen molar-refractivity contribution in [3.63, 3.8) is 0 Å². The van der Waals surface area contributed by atoms with Gasteiger partial charge >= 0.3 is 6.03 Å². The molecule has 0 radical (unpaired) electrons. The lowest BCUT2D eigenvalue weighted by molar-refractivity contribution is -0.126. The van der Waals surface area contributed by atoms with Crippen LogP contribution in [0.4, 0.5) is 14.9 Å². The summed E-state index contributed by atoms with van der Waals surface area (Å²) in [5, 5.41) is 5.62. The zero-order chi connectivity index (χ0) is 19.9. The number of anilines is 1. The Morgan fingerprint density at radius 2 is 1.93 bits per heavy atom. The lowest BCUT2D eigenvalue weighted by atomic mass is 9.97. The second-order valence-electron chi connectivity index (χ2n) is 6.75. The summed E-state index contributed by atoms with van der Waals surface area (Å²) in [6.45, 7) is 1.07. The number of likely N-dealkylation sites (tertiary alicyclic amines) is 1. The van der Waals surface area contributed by atoms with Gasteiger partial charge in [0.1, 0.15) is 11.6 Å². The predicted octanol–water partition coefficient (Wildman–Crippen LogP) is 3.39. The third-order valence-electron chi connectivity index (χ3n) is 4.83. The van der Waals surface area contributed by atoms with E-state index in [-0.39, 0.29) is 30.2 Å². The molecule has 3 rings (SSSR count). The van der Waals surface area contributed by atoms with Gasteiger partial charge in [0.15, 0.2) is 0 Å². The summed E-state index contributed by atoms with van der Waals surface area (Å²) in [5.41, 5.74) is 1.11. The highest BCUT2D eigenvalue weighted by Gasteiger charge is 2.28. The fourth-order valence-electron chi connectivity index (χ4n) is 3.22. The number of rotatable bonds is 5. The van der Waals surface area contributed by atoms with Crippen LogP contribution in [0, 0.1) is 11.7 Å². The van der Waals surface area contributed by atoms with Crippen LogP contribution in [0.3, 0.4) is 0 Å². The molecule has 7 heteroatoms. The highest BCUT2D eigenvalue weighted by molar-refractivity contribution is 5.90. The van der Waals surface area contributed by atoms with Crippen molar-refractivity contribution in [3.8, 4) is 5.75 Å². The topological polar surface area (TPSA) is 70.7 Å². The van der Waals surface area contributed by atoms with Crippen LogP contribution < -0.4 is 15.4 Å². The van der Waals surface area contributed by atoms with Gasteiger partial charge in [-0.05, 0) is 43.2 Å². The molecule has 28 heavy (non-hydrogen) atoms. The summed E-state index contributed by atoms with van der Waals surface area (Å²) in [4.78, 5) is 26.6. The molecule has 6 nitrogen and oxygen atoms in total. The fourth-order valence-corrected chi connectivity index (χ4v) is 3.22. The smallest absolute Gasteiger partial charge is 0.321 e. The van der Waals surface area contributed by atoms with Gasteiger partial charge < -0.3 is 20.3 Å². The normalized spacial score (nSPS) is 16.4. The number of piperidine rings is 1. The second-order valence-corrected chi connectivity index (χ2v) is 6.75. The van der Waals surface area contributed by atoms with Crippen LogP contribution in [-0.2, 0) is 11.3 Å². The van der Waals surface area contributed by atoms with Gasteiger partial charge in [-0.2, -0.15) is 0 Å². The zero-order valence-electron chi connectivity index (χ0n) is 15.8. The summed E-state index contributed by atoms with van der Waals surface area (Å²) in [6, 6.07) is 13.2. The van der Waals surface area contributed by atoms with Crippen molar-refractivity contribution < 1.29 is 18.7 Å². The van der Waals surface area contributed by atoms with E-state index >= 15 is 0 Å². The van der Waals surface area contributed by atoms with Crippen LogP contribution in [0.2, 0.25) is 0 Å². The van der Waals surface area contributed by atoms with Crippen LogP contribution in [-0.4, -0.2) is 37.0 Å². The molecule has 0 aliphatic carbocycles. The number of carbonyl (C=O) groups is 2. The predicted molar refractivity (Wildman–Crippen MR) is 105 cm³/mol. The highest BCUT2D eigenvalue weighted by atomic mass is 19.1. The molecule has 1 heterocycles. The van der Waals surface area contributed by atoms with E-state index in [1.165, 1.54) is 6.07 Å². The Morgan fingerprint density at radius 3 is 2.64 bits per heavy atom. The fraction of sp³-hybridized carbons (Fsp3) is 0.333. The first kappa shape index (κ1) is 19.7. The number of amides is 3. The van der Waals surface area contributed by atoms with Crippen LogP contribution in [0.25, 0.3) is 0 Å².